The van der Waals surface area contributed by atoms with Crippen LogP contribution in [0.25, 0.3) is 0 Å². The third kappa shape index (κ3) is 2.73. The van der Waals surface area contributed by atoms with Crippen LogP contribution in [0.3, 0.4) is 0 Å². The van der Waals surface area contributed by atoms with Gasteiger partial charge in [-0.15, -0.1) is 5.10 Å². The maximum Gasteiger partial charge on any atom is 0.0967 e. The minimum atomic E-state index is 0.261. The molecule has 0 aromatic carbocycles. The second kappa shape index (κ2) is 5.36. The van der Waals surface area contributed by atoms with E-state index in [0.29, 0.717) is 0 Å². The fourth-order valence-corrected chi connectivity index (χ4v) is 3.81. The van der Waals surface area contributed by atoms with Gasteiger partial charge < -0.3 is 5.32 Å². The summed E-state index contributed by atoms with van der Waals surface area (Å²) in [6.45, 7) is 10.2. The summed E-state index contributed by atoms with van der Waals surface area (Å²) < 4.78 is 1.80. The highest BCUT2D eigenvalue weighted by atomic mass is 15.4. The summed E-state index contributed by atoms with van der Waals surface area (Å²) in [5, 5.41) is 12.3. The molecule has 1 atom stereocenters. The molecule has 2 fully saturated rings. The molecule has 1 saturated carbocycles. The van der Waals surface area contributed by atoms with Crippen molar-refractivity contribution < 1.29 is 0 Å². The average molecular weight is 291 g/mol. The Balaban J connectivity index is 1.82. The van der Waals surface area contributed by atoms with Crippen molar-refractivity contribution in [3.63, 3.8) is 0 Å². The quantitative estimate of drug-likeness (QED) is 0.900. The van der Waals surface area contributed by atoms with Gasteiger partial charge in [0.1, 0.15) is 0 Å². The summed E-state index contributed by atoms with van der Waals surface area (Å²) in [7, 11) is 1.94. The Labute approximate surface area is 128 Å². The first kappa shape index (κ1) is 15.0. The molecule has 0 radical (unpaired) electrons. The molecule has 1 N–H and O–H groups in total. The van der Waals surface area contributed by atoms with Crippen LogP contribution in [0.15, 0.2) is 6.20 Å². The molecule has 0 amide bonds. The van der Waals surface area contributed by atoms with Crippen LogP contribution in [0.1, 0.15) is 52.1 Å². The lowest BCUT2D eigenvalue weighted by molar-refractivity contribution is -0.00926. The maximum absolute atomic E-state index is 4.31. The van der Waals surface area contributed by atoms with Gasteiger partial charge in [-0.2, -0.15) is 0 Å². The summed E-state index contributed by atoms with van der Waals surface area (Å²) in [6, 6.07) is 0. The SMILES string of the molecule is CCC1(CC)CN(Cc2cn(C)nn2)C(C)(C2CC2)CN1. The Morgan fingerprint density at radius 1 is 1.33 bits per heavy atom. The lowest BCUT2D eigenvalue weighted by Crippen LogP contribution is -2.69. The second-order valence-electron chi connectivity index (χ2n) is 7.21. The fourth-order valence-electron chi connectivity index (χ4n) is 3.81. The Kier molecular flexibility index (Phi) is 3.82. The molecule has 1 unspecified atom stereocenters. The number of aromatic nitrogens is 3. The normalized spacial score (nSPS) is 29.7. The smallest absolute Gasteiger partial charge is 0.0967 e. The minimum absolute atomic E-state index is 0.261. The van der Waals surface area contributed by atoms with Crippen LogP contribution < -0.4 is 5.32 Å². The van der Waals surface area contributed by atoms with E-state index in [1.807, 2.05) is 7.05 Å². The number of nitrogens with zero attached hydrogens (tertiary/aromatic N) is 4. The lowest BCUT2D eigenvalue weighted by Gasteiger charge is -2.53. The third-order valence-corrected chi connectivity index (χ3v) is 5.85. The van der Waals surface area contributed by atoms with Crippen LogP contribution in [-0.4, -0.2) is 44.1 Å². The van der Waals surface area contributed by atoms with Gasteiger partial charge in [0.2, 0.25) is 0 Å². The standard InChI is InChI=1S/C16H29N5/c1-5-16(6-2)12-21(10-14-9-20(4)19-18-14)15(3,11-17-16)13-7-8-13/h9,13,17H,5-8,10-12H2,1-4H3. The van der Waals surface area contributed by atoms with Crippen molar-refractivity contribution in [3.05, 3.63) is 11.9 Å². The van der Waals surface area contributed by atoms with Crippen molar-refractivity contribution in [3.8, 4) is 0 Å². The Morgan fingerprint density at radius 2 is 2.05 bits per heavy atom. The van der Waals surface area contributed by atoms with Crippen LogP contribution in [0.2, 0.25) is 0 Å². The molecule has 2 heterocycles. The van der Waals surface area contributed by atoms with Crippen LogP contribution in [0.4, 0.5) is 0 Å². The van der Waals surface area contributed by atoms with Crippen LogP contribution in [-0.2, 0) is 13.6 Å². The summed E-state index contributed by atoms with van der Waals surface area (Å²) in [6.07, 6.45) is 7.16. The van der Waals surface area contributed by atoms with Gasteiger partial charge in [0, 0.05) is 44.0 Å². The van der Waals surface area contributed by atoms with Gasteiger partial charge in [-0.05, 0) is 38.5 Å². The van der Waals surface area contributed by atoms with Gasteiger partial charge in [-0.1, -0.05) is 19.1 Å². The Morgan fingerprint density at radius 3 is 2.57 bits per heavy atom. The van der Waals surface area contributed by atoms with E-state index in [1.165, 1.54) is 25.7 Å². The first-order chi connectivity index (χ1) is 10.0. The second-order valence-corrected chi connectivity index (χ2v) is 7.21. The van der Waals surface area contributed by atoms with Crippen molar-refractivity contribution >= 4 is 0 Å². The maximum atomic E-state index is 4.31. The largest absolute Gasteiger partial charge is 0.308 e. The van der Waals surface area contributed by atoms with Crippen LogP contribution >= 0.6 is 0 Å². The Hall–Kier alpha value is -0.940. The third-order valence-electron chi connectivity index (χ3n) is 5.85. The van der Waals surface area contributed by atoms with E-state index in [4.69, 9.17) is 0 Å². The van der Waals surface area contributed by atoms with Crippen molar-refractivity contribution in [1.82, 2.24) is 25.2 Å². The molecule has 3 rings (SSSR count). The van der Waals surface area contributed by atoms with Gasteiger partial charge in [0.05, 0.1) is 5.69 Å². The highest BCUT2D eigenvalue weighted by Crippen LogP contribution is 2.45. The van der Waals surface area contributed by atoms with Crippen molar-refractivity contribution in [1.29, 1.82) is 0 Å². The number of rotatable bonds is 5. The molecule has 21 heavy (non-hydrogen) atoms. The number of piperazine rings is 1. The molecule has 1 aliphatic heterocycles. The average Bonchev–Trinajstić information content (AvgIpc) is 3.26. The van der Waals surface area contributed by atoms with Crippen LogP contribution in [0, 0.1) is 5.92 Å². The van der Waals surface area contributed by atoms with E-state index in [9.17, 15) is 0 Å². The van der Waals surface area contributed by atoms with Gasteiger partial charge >= 0.3 is 0 Å². The molecule has 118 valence electrons. The summed E-state index contributed by atoms with van der Waals surface area (Å²) in [4.78, 5) is 2.68. The number of nitrogens with one attached hydrogen (secondary N) is 1. The number of hydrogen-bond donors (Lipinski definition) is 1. The number of aryl methyl sites for hydroxylation is 1. The lowest BCUT2D eigenvalue weighted by atomic mass is 9.81. The van der Waals surface area contributed by atoms with Crippen molar-refractivity contribution in [2.75, 3.05) is 13.1 Å². The molecule has 1 aromatic rings. The molecule has 1 aromatic heterocycles. The topological polar surface area (TPSA) is 46.0 Å². The fraction of sp³-hybridized carbons (Fsp3) is 0.875. The number of hydrogen-bond acceptors (Lipinski definition) is 4. The molecule has 1 saturated heterocycles. The summed E-state index contributed by atoms with van der Waals surface area (Å²) in [5.41, 5.74) is 1.62. The molecule has 2 aliphatic rings. The molecule has 5 heteroatoms. The zero-order valence-corrected chi connectivity index (χ0v) is 13.9. The highest BCUT2D eigenvalue weighted by molar-refractivity contribution is 5.10. The van der Waals surface area contributed by atoms with Gasteiger partial charge in [0.15, 0.2) is 0 Å². The molecule has 1 aliphatic carbocycles. The van der Waals surface area contributed by atoms with Crippen LogP contribution in [0.5, 0.6) is 0 Å². The van der Waals surface area contributed by atoms with E-state index in [-0.39, 0.29) is 11.1 Å². The Bertz CT molecular complexity index is 489. The van der Waals surface area contributed by atoms with E-state index in [2.05, 4.69) is 47.5 Å². The van der Waals surface area contributed by atoms with Gasteiger partial charge in [-0.3, -0.25) is 9.58 Å². The molecule has 0 bridgehead atoms. The van der Waals surface area contributed by atoms with Gasteiger partial charge in [-0.25, -0.2) is 0 Å². The molecular formula is C16H29N5. The van der Waals surface area contributed by atoms with E-state index in [1.54, 1.807) is 4.68 Å². The monoisotopic (exact) mass is 291 g/mol. The van der Waals surface area contributed by atoms with E-state index < -0.39 is 0 Å². The van der Waals surface area contributed by atoms with E-state index in [0.717, 1.165) is 31.2 Å². The summed E-state index contributed by atoms with van der Waals surface area (Å²) in [5.74, 6) is 0.841. The molecule has 0 spiro atoms. The van der Waals surface area contributed by atoms with Crippen molar-refractivity contribution in [2.45, 2.75) is 64.1 Å². The highest BCUT2D eigenvalue weighted by Gasteiger charge is 2.51. The zero-order chi connectivity index (χ0) is 15.1. The predicted molar refractivity (Wildman–Crippen MR) is 83.9 cm³/mol. The van der Waals surface area contributed by atoms with Gasteiger partial charge in [0.25, 0.3) is 0 Å². The van der Waals surface area contributed by atoms with Crippen molar-refractivity contribution in [2.24, 2.45) is 13.0 Å². The summed E-state index contributed by atoms with van der Waals surface area (Å²) >= 11 is 0. The predicted octanol–water partition coefficient (Wildman–Crippen LogP) is 1.95. The zero-order valence-electron chi connectivity index (χ0n) is 13.9. The molecular weight excluding hydrogens is 262 g/mol. The first-order valence-corrected chi connectivity index (χ1v) is 8.36. The van der Waals surface area contributed by atoms with E-state index >= 15 is 0 Å². The first-order valence-electron chi connectivity index (χ1n) is 8.36. The molecule has 5 nitrogen and oxygen atoms in total. The minimum Gasteiger partial charge on any atom is -0.308 e.